The molecule has 0 unspecified atom stereocenters. The molecule has 0 fully saturated rings. The number of nitrogens with zero attached hydrogens (tertiary/aromatic N) is 2. The molecule has 0 saturated carbocycles. The molecular formula is C23H31N3O2S. The van der Waals surface area contributed by atoms with Gasteiger partial charge in [-0.05, 0) is 65.7 Å². The van der Waals surface area contributed by atoms with E-state index in [-0.39, 0.29) is 0 Å². The van der Waals surface area contributed by atoms with E-state index in [9.17, 15) is 4.79 Å². The summed E-state index contributed by atoms with van der Waals surface area (Å²) in [5.41, 5.74) is 2.99. The maximum absolute atomic E-state index is 9.88. The van der Waals surface area contributed by atoms with Gasteiger partial charge < -0.3 is 14.8 Å². The number of methoxy groups -OCH3 is 1. The second-order valence-corrected chi connectivity index (χ2v) is 5.97. The van der Waals surface area contributed by atoms with Gasteiger partial charge in [0.25, 0.3) is 0 Å². The van der Waals surface area contributed by atoms with Crippen LogP contribution in [0, 0.1) is 0 Å². The molecular weight excluding hydrogens is 382 g/mol. The van der Waals surface area contributed by atoms with Gasteiger partial charge in [0.15, 0.2) is 0 Å². The molecule has 3 rings (SSSR count). The Bertz CT molecular complexity index is 725. The van der Waals surface area contributed by atoms with Crippen molar-refractivity contribution in [3.05, 3.63) is 71.4 Å². The van der Waals surface area contributed by atoms with Crippen LogP contribution in [0.5, 0.6) is 5.75 Å². The smallest absolute Gasteiger partial charge is 0.148 e. The molecule has 0 saturated heterocycles. The Labute approximate surface area is 178 Å². The Morgan fingerprint density at radius 3 is 2.17 bits per heavy atom. The van der Waals surface area contributed by atoms with Crippen molar-refractivity contribution in [2.45, 2.75) is 27.2 Å². The zero-order chi connectivity index (χ0) is 21.9. The SMILES string of the molecule is C=CC.CC.CNc1ccc(-c2ccc(OC)cc2)nn1.O=CCc1ccsc1. The lowest BCUT2D eigenvalue weighted by Crippen LogP contribution is -1.95. The summed E-state index contributed by atoms with van der Waals surface area (Å²) in [5.74, 6) is 1.60. The highest BCUT2D eigenvalue weighted by Crippen LogP contribution is 2.20. The first-order valence-electron chi connectivity index (χ1n) is 9.36. The third-order valence-corrected chi connectivity index (χ3v) is 3.94. The third kappa shape index (κ3) is 10.8. The van der Waals surface area contributed by atoms with Crippen LogP contribution in [0.1, 0.15) is 26.3 Å². The van der Waals surface area contributed by atoms with Crippen LogP contribution in [0.4, 0.5) is 5.82 Å². The summed E-state index contributed by atoms with van der Waals surface area (Å²) < 4.78 is 5.10. The van der Waals surface area contributed by atoms with Gasteiger partial charge in [-0.15, -0.1) is 16.8 Å². The fourth-order valence-corrected chi connectivity index (χ4v) is 2.57. The molecule has 0 aliphatic rings. The number of carbonyl (C=O) groups excluding carboxylic acids is 1. The van der Waals surface area contributed by atoms with E-state index < -0.39 is 0 Å². The molecule has 0 aliphatic heterocycles. The Balaban J connectivity index is 0.000000505. The number of thiophene rings is 1. The van der Waals surface area contributed by atoms with Crippen molar-refractivity contribution in [3.8, 4) is 17.0 Å². The largest absolute Gasteiger partial charge is 0.497 e. The lowest BCUT2D eigenvalue weighted by molar-refractivity contribution is -0.107. The first kappa shape index (κ1) is 26.0. The van der Waals surface area contributed by atoms with Crippen LogP contribution in [0.15, 0.2) is 65.9 Å². The summed E-state index contributed by atoms with van der Waals surface area (Å²) in [5, 5.41) is 15.0. The van der Waals surface area contributed by atoms with Crippen molar-refractivity contribution in [1.29, 1.82) is 0 Å². The highest BCUT2D eigenvalue weighted by atomic mass is 32.1. The van der Waals surface area contributed by atoms with E-state index in [0.717, 1.165) is 34.7 Å². The van der Waals surface area contributed by atoms with Gasteiger partial charge in [0, 0.05) is 19.0 Å². The van der Waals surface area contributed by atoms with E-state index in [1.807, 2.05) is 81.0 Å². The summed E-state index contributed by atoms with van der Waals surface area (Å²) in [6, 6.07) is 13.5. The van der Waals surface area contributed by atoms with Gasteiger partial charge in [-0.1, -0.05) is 19.9 Å². The topological polar surface area (TPSA) is 64.1 Å². The number of aromatic nitrogens is 2. The van der Waals surface area contributed by atoms with Gasteiger partial charge in [0.05, 0.1) is 12.8 Å². The van der Waals surface area contributed by atoms with E-state index in [0.29, 0.717) is 6.42 Å². The van der Waals surface area contributed by atoms with Crippen LogP contribution in [0.25, 0.3) is 11.3 Å². The molecule has 0 aliphatic carbocycles. The van der Waals surface area contributed by atoms with Crippen LogP contribution >= 0.6 is 11.3 Å². The molecule has 3 aromatic rings. The number of anilines is 1. The molecule has 156 valence electrons. The van der Waals surface area contributed by atoms with Crippen molar-refractivity contribution in [3.63, 3.8) is 0 Å². The fourth-order valence-electron chi connectivity index (χ4n) is 1.89. The number of allylic oxidation sites excluding steroid dienone is 1. The van der Waals surface area contributed by atoms with Gasteiger partial charge in [0.1, 0.15) is 17.9 Å². The molecule has 6 heteroatoms. The molecule has 2 heterocycles. The Morgan fingerprint density at radius 1 is 1.10 bits per heavy atom. The number of rotatable bonds is 5. The fraction of sp³-hybridized carbons (Fsp3) is 0.261. The molecule has 0 spiro atoms. The first-order chi connectivity index (χ1) is 14.2. The number of nitrogens with one attached hydrogen (secondary N) is 1. The van der Waals surface area contributed by atoms with Crippen molar-refractivity contribution >= 4 is 23.4 Å². The average Bonchev–Trinajstić information content (AvgIpc) is 3.30. The van der Waals surface area contributed by atoms with Gasteiger partial charge >= 0.3 is 0 Å². The van der Waals surface area contributed by atoms with E-state index in [1.54, 1.807) is 24.5 Å². The standard InChI is InChI=1S/C12H13N3O.C6H6OS.C3H6.C2H6/c1-13-12-8-7-11(14-15-12)9-3-5-10(16-2)6-4-9;7-3-1-6-2-4-8-5-6;1-3-2;1-2/h3-8H,1-2H3,(H,13,15);2-5H,1H2;3H,1H2,2H3;1-2H3. The Kier molecular flexibility index (Phi) is 15.4. The van der Waals surface area contributed by atoms with E-state index >= 15 is 0 Å². The molecule has 1 N–H and O–H groups in total. The summed E-state index contributed by atoms with van der Waals surface area (Å²) in [6.07, 6.45) is 3.23. The van der Waals surface area contributed by atoms with Crippen LogP contribution in [-0.2, 0) is 11.2 Å². The van der Waals surface area contributed by atoms with Crippen molar-refractivity contribution in [2.75, 3.05) is 19.5 Å². The van der Waals surface area contributed by atoms with Crippen LogP contribution in [0.2, 0.25) is 0 Å². The number of ether oxygens (including phenoxy) is 1. The van der Waals surface area contributed by atoms with E-state index in [1.165, 1.54) is 0 Å². The molecule has 29 heavy (non-hydrogen) atoms. The number of carbonyl (C=O) groups is 1. The quantitative estimate of drug-likeness (QED) is 0.416. The van der Waals surface area contributed by atoms with E-state index in [4.69, 9.17) is 4.74 Å². The Morgan fingerprint density at radius 2 is 1.76 bits per heavy atom. The van der Waals surface area contributed by atoms with Gasteiger partial charge in [0.2, 0.25) is 0 Å². The minimum absolute atomic E-state index is 0.559. The van der Waals surface area contributed by atoms with Crippen molar-refractivity contribution in [1.82, 2.24) is 10.2 Å². The zero-order valence-corrected chi connectivity index (χ0v) is 18.7. The lowest BCUT2D eigenvalue weighted by Gasteiger charge is -2.03. The highest BCUT2D eigenvalue weighted by molar-refractivity contribution is 7.07. The van der Waals surface area contributed by atoms with Crippen LogP contribution in [-0.4, -0.2) is 30.6 Å². The maximum Gasteiger partial charge on any atom is 0.148 e. The molecule has 5 nitrogen and oxygen atoms in total. The number of hydrogen-bond acceptors (Lipinski definition) is 6. The number of hydrogen-bond donors (Lipinski definition) is 1. The van der Waals surface area contributed by atoms with Crippen LogP contribution < -0.4 is 10.1 Å². The second-order valence-electron chi connectivity index (χ2n) is 5.19. The van der Waals surface area contributed by atoms with Crippen molar-refractivity contribution < 1.29 is 9.53 Å². The Hall–Kier alpha value is -2.99. The number of aldehydes is 1. The summed E-state index contributed by atoms with van der Waals surface area (Å²) in [7, 11) is 3.47. The second kappa shape index (κ2) is 17.1. The van der Waals surface area contributed by atoms with Crippen molar-refractivity contribution in [2.24, 2.45) is 0 Å². The molecule has 0 atom stereocenters. The molecule has 0 amide bonds. The number of benzene rings is 1. The average molecular weight is 414 g/mol. The molecule has 0 radical (unpaired) electrons. The zero-order valence-electron chi connectivity index (χ0n) is 17.9. The molecule has 1 aromatic carbocycles. The minimum atomic E-state index is 0.559. The predicted molar refractivity (Wildman–Crippen MR) is 125 cm³/mol. The van der Waals surface area contributed by atoms with Gasteiger partial charge in [-0.3, -0.25) is 0 Å². The maximum atomic E-state index is 9.88. The summed E-state index contributed by atoms with van der Waals surface area (Å²) in [4.78, 5) is 9.88. The monoisotopic (exact) mass is 413 g/mol. The lowest BCUT2D eigenvalue weighted by atomic mass is 10.1. The van der Waals surface area contributed by atoms with E-state index in [2.05, 4.69) is 22.1 Å². The normalized spacial score (nSPS) is 8.59. The van der Waals surface area contributed by atoms with Crippen LogP contribution in [0.3, 0.4) is 0 Å². The molecule has 0 bridgehead atoms. The highest BCUT2D eigenvalue weighted by Gasteiger charge is 2.00. The third-order valence-electron chi connectivity index (χ3n) is 3.21. The van der Waals surface area contributed by atoms with Gasteiger partial charge in [-0.2, -0.15) is 11.3 Å². The minimum Gasteiger partial charge on any atom is -0.497 e. The predicted octanol–water partition coefficient (Wildman–Crippen LogP) is 5.90. The summed E-state index contributed by atoms with van der Waals surface area (Å²) >= 11 is 1.62. The molecule has 2 aromatic heterocycles. The summed E-state index contributed by atoms with van der Waals surface area (Å²) in [6.45, 7) is 9.25. The van der Waals surface area contributed by atoms with Gasteiger partial charge in [-0.25, -0.2) is 0 Å². The first-order valence-corrected chi connectivity index (χ1v) is 10.3.